The van der Waals surface area contributed by atoms with Crippen molar-refractivity contribution >= 4 is 33.4 Å². The van der Waals surface area contributed by atoms with Gasteiger partial charge in [-0.05, 0) is 42.3 Å². The zero-order chi connectivity index (χ0) is 22.6. The van der Waals surface area contributed by atoms with Gasteiger partial charge in [-0.1, -0.05) is 65.9 Å². The summed E-state index contributed by atoms with van der Waals surface area (Å²) in [6, 6.07) is 23.3. The van der Waals surface area contributed by atoms with Gasteiger partial charge in [0.1, 0.15) is 24.7 Å². The van der Waals surface area contributed by atoms with Crippen molar-refractivity contribution in [3.05, 3.63) is 111 Å². The number of aromatic nitrogens is 2. The molecule has 2 heterocycles. The second kappa shape index (κ2) is 9.30. The van der Waals surface area contributed by atoms with Crippen molar-refractivity contribution in [1.82, 2.24) is 9.38 Å². The lowest BCUT2D eigenvalue weighted by Crippen LogP contribution is -2.22. The van der Waals surface area contributed by atoms with E-state index in [0.717, 1.165) is 34.3 Å². The first-order valence-electron chi connectivity index (χ1n) is 10.7. The van der Waals surface area contributed by atoms with Gasteiger partial charge in [0, 0.05) is 5.56 Å². The Labute approximate surface area is 194 Å². The van der Waals surface area contributed by atoms with E-state index in [4.69, 9.17) is 9.47 Å². The van der Waals surface area contributed by atoms with Gasteiger partial charge < -0.3 is 9.47 Å². The molecule has 0 amide bonds. The number of para-hydroxylation sites is 4. The minimum Gasteiger partial charge on any atom is -0.490 e. The number of benzene rings is 3. The monoisotopic (exact) mass is 454 g/mol. The third-order valence-electron chi connectivity index (χ3n) is 5.29. The predicted octanol–water partition coefficient (Wildman–Crippen LogP) is 4.64. The molecular weight excluding hydrogens is 432 g/mol. The Bertz CT molecular complexity index is 1550. The number of ether oxygens (including phenoxy) is 2. The molecule has 164 valence electrons. The van der Waals surface area contributed by atoms with Crippen molar-refractivity contribution < 1.29 is 9.47 Å². The molecule has 0 aliphatic heterocycles. The lowest BCUT2D eigenvalue weighted by Gasteiger charge is -2.12. The van der Waals surface area contributed by atoms with Crippen LogP contribution < -0.4 is 19.6 Å². The maximum Gasteiger partial charge on any atom is 0.274 e. The molecule has 0 unspecified atom stereocenters. The van der Waals surface area contributed by atoms with Crippen LogP contribution in [0.2, 0.25) is 0 Å². The standard InChI is InChI=1S/C27H22N2O3S/c1-2-9-19-10-3-7-14-23(19)31-16-17-32-24-15-8-4-11-20(24)18-25-26(30)29-22-13-6-5-12-21(22)28-27(29)33-25/h2-8,10-15,18H,1,9,16-17H2/b25-18+. The van der Waals surface area contributed by atoms with E-state index in [1.54, 1.807) is 4.40 Å². The van der Waals surface area contributed by atoms with Crippen LogP contribution in [0.25, 0.3) is 22.1 Å². The van der Waals surface area contributed by atoms with Gasteiger partial charge in [0.05, 0.1) is 15.6 Å². The largest absolute Gasteiger partial charge is 0.490 e. The highest BCUT2D eigenvalue weighted by molar-refractivity contribution is 7.15. The second-order valence-corrected chi connectivity index (χ2v) is 8.48. The van der Waals surface area contributed by atoms with E-state index in [1.165, 1.54) is 11.3 Å². The summed E-state index contributed by atoms with van der Waals surface area (Å²) in [6.45, 7) is 4.59. The molecule has 0 aliphatic rings. The fourth-order valence-electron chi connectivity index (χ4n) is 3.76. The molecule has 2 aromatic heterocycles. The van der Waals surface area contributed by atoms with E-state index < -0.39 is 0 Å². The highest BCUT2D eigenvalue weighted by Gasteiger charge is 2.11. The van der Waals surface area contributed by atoms with Crippen LogP contribution in [-0.4, -0.2) is 22.6 Å². The summed E-state index contributed by atoms with van der Waals surface area (Å²) < 4.78 is 14.2. The molecule has 33 heavy (non-hydrogen) atoms. The molecule has 6 heteroatoms. The van der Waals surface area contributed by atoms with Crippen LogP contribution in [0, 0.1) is 0 Å². The van der Waals surface area contributed by atoms with Crippen molar-refractivity contribution in [3.63, 3.8) is 0 Å². The van der Waals surface area contributed by atoms with Crippen molar-refractivity contribution in [3.8, 4) is 11.5 Å². The number of imidazole rings is 1. The lowest BCUT2D eigenvalue weighted by atomic mass is 10.1. The molecule has 0 fully saturated rings. The van der Waals surface area contributed by atoms with Gasteiger partial charge in [-0.2, -0.15) is 0 Å². The molecule has 5 nitrogen and oxygen atoms in total. The Morgan fingerprint density at radius 3 is 2.45 bits per heavy atom. The van der Waals surface area contributed by atoms with Gasteiger partial charge in [-0.3, -0.25) is 4.79 Å². The normalized spacial score (nSPS) is 11.8. The third kappa shape index (κ3) is 4.25. The third-order valence-corrected chi connectivity index (χ3v) is 6.25. The zero-order valence-corrected chi connectivity index (χ0v) is 18.8. The summed E-state index contributed by atoms with van der Waals surface area (Å²) in [4.78, 5) is 18.3. The highest BCUT2D eigenvalue weighted by atomic mass is 32.1. The van der Waals surface area contributed by atoms with E-state index >= 15 is 0 Å². The first-order valence-corrected chi connectivity index (χ1v) is 11.5. The number of allylic oxidation sites excluding steroid dienone is 1. The maximum atomic E-state index is 13.1. The quantitative estimate of drug-likeness (QED) is 0.253. The van der Waals surface area contributed by atoms with Crippen molar-refractivity contribution in [2.24, 2.45) is 0 Å². The van der Waals surface area contributed by atoms with Gasteiger partial charge >= 0.3 is 0 Å². The van der Waals surface area contributed by atoms with Gasteiger partial charge in [-0.25, -0.2) is 9.38 Å². The highest BCUT2D eigenvalue weighted by Crippen LogP contribution is 2.21. The molecule has 0 aliphatic carbocycles. The summed E-state index contributed by atoms with van der Waals surface area (Å²) in [5.41, 5.74) is 3.52. The smallest absolute Gasteiger partial charge is 0.274 e. The van der Waals surface area contributed by atoms with Crippen molar-refractivity contribution in [1.29, 1.82) is 0 Å². The number of hydrogen-bond donors (Lipinski definition) is 0. The number of thiazole rings is 1. The summed E-state index contributed by atoms with van der Waals surface area (Å²) in [6.07, 6.45) is 4.48. The Hall–Kier alpha value is -3.90. The molecule has 5 aromatic rings. The van der Waals surface area contributed by atoms with E-state index in [0.29, 0.717) is 28.5 Å². The number of fused-ring (bicyclic) bond motifs is 3. The van der Waals surface area contributed by atoms with Crippen LogP contribution in [-0.2, 0) is 6.42 Å². The molecule has 0 saturated carbocycles. The molecule has 0 N–H and O–H groups in total. The van der Waals surface area contributed by atoms with Crippen LogP contribution in [0.15, 0.2) is 90.2 Å². The summed E-state index contributed by atoms with van der Waals surface area (Å²) >= 11 is 1.38. The number of hydrogen-bond acceptors (Lipinski definition) is 5. The molecule has 3 aromatic carbocycles. The van der Waals surface area contributed by atoms with Crippen LogP contribution in [0.1, 0.15) is 11.1 Å². The molecule has 0 bridgehead atoms. The average Bonchev–Trinajstić information content (AvgIpc) is 3.35. The zero-order valence-electron chi connectivity index (χ0n) is 17.9. The van der Waals surface area contributed by atoms with Crippen molar-refractivity contribution in [2.75, 3.05) is 13.2 Å². The van der Waals surface area contributed by atoms with E-state index in [9.17, 15) is 4.79 Å². The van der Waals surface area contributed by atoms with E-state index in [2.05, 4.69) is 11.6 Å². The Morgan fingerprint density at radius 2 is 1.61 bits per heavy atom. The van der Waals surface area contributed by atoms with Gasteiger partial charge in [-0.15, -0.1) is 6.58 Å². The summed E-state index contributed by atoms with van der Waals surface area (Å²) in [5, 5.41) is 0. The van der Waals surface area contributed by atoms with Gasteiger partial charge in [0.15, 0.2) is 4.96 Å². The average molecular weight is 455 g/mol. The van der Waals surface area contributed by atoms with Crippen LogP contribution >= 0.6 is 11.3 Å². The van der Waals surface area contributed by atoms with Crippen LogP contribution in [0.4, 0.5) is 0 Å². The fourth-order valence-corrected chi connectivity index (χ4v) is 4.73. The first-order chi connectivity index (χ1) is 16.2. The molecule has 0 spiro atoms. The Balaban J connectivity index is 1.36. The Morgan fingerprint density at radius 1 is 0.909 bits per heavy atom. The maximum absolute atomic E-state index is 13.1. The molecule has 0 atom stereocenters. The van der Waals surface area contributed by atoms with Gasteiger partial charge in [0.2, 0.25) is 0 Å². The summed E-state index contributed by atoms with van der Waals surface area (Å²) in [7, 11) is 0. The minimum atomic E-state index is -0.0688. The number of rotatable bonds is 8. The topological polar surface area (TPSA) is 52.8 Å². The van der Waals surface area contributed by atoms with E-state index in [1.807, 2.05) is 84.9 Å². The van der Waals surface area contributed by atoms with Crippen molar-refractivity contribution in [2.45, 2.75) is 6.42 Å². The fraction of sp³-hybridized carbons (Fsp3) is 0.111. The lowest BCUT2D eigenvalue weighted by molar-refractivity contribution is 0.216. The van der Waals surface area contributed by atoms with Gasteiger partial charge in [0.25, 0.3) is 5.56 Å². The molecule has 0 saturated heterocycles. The minimum absolute atomic E-state index is 0.0688. The predicted molar refractivity (Wildman–Crippen MR) is 133 cm³/mol. The van der Waals surface area contributed by atoms with Crippen LogP contribution in [0.3, 0.4) is 0 Å². The Kier molecular flexibility index (Phi) is 5.91. The van der Waals surface area contributed by atoms with E-state index in [-0.39, 0.29) is 5.56 Å². The first kappa shape index (κ1) is 21.0. The molecular formula is C27H22N2O3S. The summed E-state index contributed by atoms with van der Waals surface area (Å²) in [5.74, 6) is 1.54. The molecule has 0 radical (unpaired) electrons. The van der Waals surface area contributed by atoms with Crippen LogP contribution in [0.5, 0.6) is 11.5 Å². The second-order valence-electron chi connectivity index (χ2n) is 7.47. The SMILES string of the molecule is C=CCc1ccccc1OCCOc1ccccc1/C=c1/sc2nc3ccccc3n2c1=O. The number of nitrogens with zero attached hydrogens (tertiary/aromatic N) is 2. The molecule has 5 rings (SSSR count).